The molecule has 24 heavy (non-hydrogen) atoms. The highest BCUT2D eigenvalue weighted by molar-refractivity contribution is 7.93. The van der Waals surface area contributed by atoms with Gasteiger partial charge in [0.25, 0.3) is 0 Å². The number of aromatic nitrogens is 1. The molecule has 0 unspecified atom stereocenters. The standard InChI is InChI=1S/C17H24N2O4S/c1-13(2)16(20)19-11-17(12-19)14(6-8-24(17,21)22)9-23-10-15-5-3-4-7-18-15/h3-5,7,13-14H,6,8-12H2,1-2H3/t14-/m1/s1. The molecule has 3 rings (SSSR count). The molecule has 6 nitrogen and oxygen atoms in total. The fourth-order valence-corrected chi connectivity index (χ4v) is 6.02. The van der Waals surface area contributed by atoms with Crippen LogP contribution in [0.1, 0.15) is 26.0 Å². The van der Waals surface area contributed by atoms with Gasteiger partial charge in [-0.05, 0) is 18.6 Å². The zero-order valence-corrected chi connectivity index (χ0v) is 15.0. The minimum atomic E-state index is -3.18. The maximum atomic E-state index is 12.5. The molecule has 0 aromatic carbocycles. The molecular formula is C17H24N2O4S. The third kappa shape index (κ3) is 2.95. The van der Waals surface area contributed by atoms with Crippen LogP contribution in [0.5, 0.6) is 0 Å². The molecule has 2 aliphatic rings. The van der Waals surface area contributed by atoms with Gasteiger partial charge in [0.1, 0.15) is 4.75 Å². The van der Waals surface area contributed by atoms with Crippen LogP contribution in [0.2, 0.25) is 0 Å². The van der Waals surface area contributed by atoms with Crippen LogP contribution in [-0.4, -0.2) is 54.4 Å². The van der Waals surface area contributed by atoms with E-state index in [9.17, 15) is 13.2 Å². The Morgan fingerprint density at radius 2 is 2.17 bits per heavy atom. The molecule has 0 N–H and O–H groups in total. The number of carbonyl (C=O) groups excluding carboxylic acids is 1. The maximum Gasteiger partial charge on any atom is 0.225 e. The van der Waals surface area contributed by atoms with Gasteiger partial charge in [-0.1, -0.05) is 19.9 Å². The summed E-state index contributed by atoms with van der Waals surface area (Å²) in [7, 11) is -3.18. The minimum absolute atomic E-state index is 0.0240. The lowest BCUT2D eigenvalue weighted by atomic mass is 9.83. The van der Waals surface area contributed by atoms with E-state index in [0.29, 0.717) is 32.7 Å². The fourth-order valence-electron chi connectivity index (χ4n) is 3.62. The lowest BCUT2D eigenvalue weighted by Crippen LogP contribution is -2.69. The molecule has 0 bridgehead atoms. The van der Waals surface area contributed by atoms with E-state index in [1.165, 1.54) is 0 Å². The number of sulfone groups is 1. The van der Waals surface area contributed by atoms with Crippen LogP contribution in [0.25, 0.3) is 0 Å². The Balaban J connectivity index is 1.62. The number of nitrogens with zero attached hydrogens (tertiary/aromatic N) is 2. The highest BCUT2D eigenvalue weighted by Crippen LogP contribution is 2.45. The Bertz CT molecular complexity index is 697. The van der Waals surface area contributed by atoms with E-state index in [1.807, 2.05) is 32.0 Å². The van der Waals surface area contributed by atoms with Gasteiger partial charge in [-0.3, -0.25) is 9.78 Å². The number of ether oxygens (including phenoxy) is 1. The molecule has 1 aromatic heterocycles. The van der Waals surface area contributed by atoms with Crippen LogP contribution in [0.4, 0.5) is 0 Å². The van der Waals surface area contributed by atoms with Gasteiger partial charge >= 0.3 is 0 Å². The number of amides is 1. The topological polar surface area (TPSA) is 76.6 Å². The van der Waals surface area contributed by atoms with E-state index < -0.39 is 14.6 Å². The number of hydrogen-bond acceptors (Lipinski definition) is 5. The zero-order chi connectivity index (χ0) is 17.4. The van der Waals surface area contributed by atoms with Crippen molar-refractivity contribution in [3.05, 3.63) is 30.1 Å². The molecular weight excluding hydrogens is 328 g/mol. The SMILES string of the molecule is CC(C)C(=O)N1CC2(C1)[C@@H](COCc1ccccn1)CCS2(=O)=O. The second-order valence-corrected chi connectivity index (χ2v) is 9.51. The average molecular weight is 352 g/mol. The maximum absolute atomic E-state index is 12.5. The Kier molecular flexibility index (Phi) is 4.66. The monoisotopic (exact) mass is 352 g/mol. The van der Waals surface area contributed by atoms with Crippen LogP contribution in [0, 0.1) is 11.8 Å². The minimum Gasteiger partial charge on any atom is -0.375 e. The summed E-state index contributed by atoms with van der Waals surface area (Å²) < 4.78 is 30.0. The van der Waals surface area contributed by atoms with Crippen LogP contribution in [0.15, 0.2) is 24.4 Å². The molecule has 0 radical (unpaired) electrons. The summed E-state index contributed by atoms with van der Waals surface area (Å²) >= 11 is 0. The predicted molar refractivity (Wildman–Crippen MR) is 89.9 cm³/mol. The first-order valence-corrected chi connectivity index (χ1v) is 10.00. The third-order valence-electron chi connectivity index (χ3n) is 5.12. The quantitative estimate of drug-likeness (QED) is 0.798. The fraction of sp³-hybridized carbons (Fsp3) is 0.647. The highest BCUT2D eigenvalue weighted by atomic mass is 32.2. The second-order valence-electron chi connectivity index (χ2n) is 7.05. The molecule has 2 fully saturated rings. The summed E-state index contributed by atoms with van der Waals surface area (Å²) in [4.78, 5) is 17.9. The molecule has 2 aliphatic heterocycles. The number of carbonyl (C=O) groups is 1. The summed E-state index contributed by atoms with van der Waals surface area (Å²) in [6.45, 7) is 5.06. The van der Waals surface area contributed by atoms with E-state index in [1.54, 1.807) is 11.1 Å². The van der Waals surface area contributed by atoms with Crippen molar-refractivity contribution in [2.24, 2.45) is 11.8 Å². The van der Waals surface area contributed by atoms with Gasteiger partial charge in [0.15, 0.2) is 9.84 Å². The van der Waals surface area contributed by atoms with Gasteiger partial charge in [0.05, 0.1) is 24.7 Å². The number of hydrogen-bond donors (Lipinski definition) is 0. The lowest BCUT2D eigenvalue weighted by molar-refractivity contribution is -0.141. The number of rotatable bonds is 5. The average Bonchev–Trinajstić information content (AvgIpc) is 2.77. The van der Waals surface area contributed by atoms with Crippen molar-refractivity contribution in [1.29, 1.82) is 0 Å². The predicted octanol–water partition coefficient (Wildman–Crippen LogP) is 1.27. The van der Waals surface area contributed by atoms with Crippen LogP contribution in [0.3, 0.4) is 0 Å². The first-order valence-electron chi connectivity index (χ1n) is 8.34. The van der Waals surface area contributed by atoms with Gasteiger partial charge in [0, 0.05) is 31.1 Å². The molecule has 3 heterocycles. The molecule has 7 heteroatoms. The van der Waals surface area contributed by atoms with Crippen molar-refractivity contribution in [3.8, 4) is 0 Å². The van der Waals surface area contributed by atoms with Crippen LogP contribution in [-0.2, 0) is 26.0 Å². The molecule has 0 aliphatic carbocycles. The largest absolute Gasteiger partial charge is 0.375 e. The normalized spacial score (nSPS) is 24.3. The first kappa shape index (κ1) is 17.4. The molecule has 132 valence electrons. The van der Waals surface area contributed by atoms with E-state index in [-0.39, 0.29) is 23.5 Å². The van der Waals surface area contributed by atoms with E-state index in [4.69, 9.17) is 4.74 Å². The van der Waals surface area contributed by atoms with Gasteiger partial charge in [-0.2, -0.15) is 0 Å². The molecule has 1 atom stereocenters. The Morgan fingerprint density at radius 1 is 1.42 bits per heavy atom. The third-order valence-corrected chi connectivity index (χ3v) is 7.72. The summed E-state index contributed by atoms with van der Waals surface area (Å²) in [5.74, 6) is 0.0533. The smallest absolute Gasteiger partial charge is 0.225 e. The highest BCUT2D eigenvalue weighted by Gasteiger charge is 2.62. The van der Waals surface area contributed by atoms with Crippen molar-refractivity contribution in [3.63, 3.8) is 0 Å². The molecule has 1 aromatic rings. The first-order chi connectivity index (χ1) is 11.4. The summed E-state index contributed by atoms with van der Waals surface area (Å²) in [6, 6.07) is 5.62. The van der Waals surface area contributed by atoms with E-state index >= 15 is 0 Å². The van der Waals surface area contributed by atoms with Crippen molar-refractivity contribution in [2.75, 3.05) is 25.4 Å². The van der Waals surface area contributed by atoms with Gasteiger partial charge in [-0.25, -0.2) is 8.42 Å². The van der Waals surface area contributed by atoms with Crippen molar-refractivity contribution < 1.29 is 17.9 Å². The zero-order valence-electron chi connectivity index (χ0n) is 14.1. The van der Waals surface area contributed by atoms with Crippen molar-refractivity contribution >= 4 is 15.7 Å². The van der Waals surface area contributed by atoms with Crippen molar-refractivity contribution in [1.82, 2.24) is 9.88 Å². The van der Waals surface area contributed by atoms with Gasteiger partial charge in [-0.15, -0.1) is 0 Å². The van der Waals surface area contributed by atoms with E-state index in [2.05, 4.69) is 4.98 Å². The Morgan fingerprint density at radius 3 is 2.79 bits per heavy atom. The number of likely N-dealkylation sites (tertiary alicyclic amines) is 1. The summed E-state index contributed by atoms with van der Waals surface area (Å²) in [5, 5.41) is 0. The van der Waals surface area contributed by atoms with Gasteiger partial charge in [0.2, 0.25) is 5.91 Å². The second kappa shape index (κ2) is 6.44. The van der Waals surface area contributed by atoms with Crippen LogP contribution >= 0.6 is 0 Å². The number of pyridine rings is 1. The molecule has 2 saturated heterocycles. The Labute approximate surface area is 143 Å². The molecule has 1 spiro atoms. The summed E-state index contributed by atoms with van der Waals surface area (Å²) in [5.41, 5.74) is 0.831. The van der Waals surface area contributed by atoms with Gasteiger partial charge < -0.3 is 9.64 Å². The summed E-state index contributed by atoms with van der Waals surface area (Å²) in [6.07, 6.45) is 2.32. The van der Waals surface area contributed by atoms with Crippen LogP contribution < -0.4 is 0 Å². The lowest BCUT2D eigenvalue weighted by Gasteiger charge is -2.50. The molecule has 1 amide bonds. The molecule has 0 saturated carbocycles. The Hall–Kier alpha value is -1.47. The van der Waals surface area contributed by atoms with E-state index in [0.717, 1.165) is 5.69 Å². The van der Waals surface area contributed by atoms with Crippen molar-refractivity contribution in [2.45, 2.75) is 31.6 Å².